The fourth-order valence-electron chi connectivity index (χ4n) is 8.91. The summed E-state index contributed by atoms with van der Waals surface area (Å²) in [5.41, 5.74) is 0. The third-order valence-electron chi connectivity index (χ3n) is 13.6. The van der Waals surface area contributed by atoms with E-state index in [-0.39, 0.29) is 31.1 Å². The predicted octanol–water partition coefficient (Wildman–Crippen LogP) is 21.5. The van der Waals surface area contributed by atoms with E-state index >= 15 is 0 Å². The quantitative estimate of drug-likeness (QED) is 0.0261. The van der Waals surface area contributed by atoms with Gasteiger partial charge < -0.3 is 14.2 Å². The van der Waals surface area contributed by atoms with E-state index in [1.807, 2.05) is 0 Å². The Labute approximate surface area is 458 Å². The van der Waals surface area contributed by atoms with E-state index in [1.165, 1.54) is 167 Å². The summed E-state index contributed by atoms with van der Waals surface area (Å²) < 4.78 is 16.9. The monoisotopic (exact) mass is 1030 g/mol. The van der Waals surface area contributed by atoms with Crippen molar-refractivity contribution in [1.29, 1.82) is 0 Å². The van der Waals surface area contributed by atoms with E-state index in [9.17, 15) is 14.4 Å². The minimum Gasteiger partial charge on any atom is -0.462 e. The summed E-state index contributed by atoms with van der Waals surface area (Å²) in [7, 11) is 0. The van der Waals surface area contributed by atoms with Crippen LogP contribution in [0.4, 0.5) is 0 Å². The number of hydrogen-bond acceptors (Lipinski definition) is 6. The maximum absolute atomic E-state index is 12.9. The maximum Gasteiger partial charge on any atom is 0.306 e. The van der Waals surface area contributed by atoms with Crippen molar-refractivity contribution in [1.82, 2.24) is 0 Å². The topological polar surface area (TPSA) is 78.9 Å². The second-order valence-corrected chi connectivity index (χ2v) is 20.9. The number of unbranched alkanes of at least 4 members (excludes halogenated alkanes) is 32. The van der Waals surface area contributed by atoms with E-state index < -0.39 is 6.10 Å². The van der Waals surface area contributed by atoms with Gasteiger partial charge in [-0.15, -0.1) is 0 Å². The fourth-order valence-corrected chi connectivity index (χ4v) is 8.91. The second kappa shape index (κ2) is 62.1. The van der Waals surface area contributed by atoms with E-state index in [4.69, 9.17) is 14.2 Å². The highest BCUT2D eigenvalue weighted by Crippen LogP contribution is 2.16. The molecular weight excluding hydrogens is 913 g/mol. The summed E-state index contributed by atoms with van der Waals surface area (Å²) in [6.07, 6.45) is 81.5. The van der Waals surface area contributed by atoms with Crippen LogP contribution in [0.3, 0.4) is 0 Å². The van der Waals surface area contributed by atoms with Gasteiger partial charge in [0.1, 0.15) is 13.2 Å². The van der Waals surface area contributed by atoms with Crippen LogP contribution >= 0.6 is 0 Å². The molecule has 0 N–H and O–H groups in total. The Hall–Kier alpha value is -3.41. The van der Waals surface area contributed by atoms with Gasteiger partial charge in [0, 0.05) is 19.3 Å². The first-order valence-corrected chi connectivity index (χ1v) is 31.6. The van der Waals surface area contributed by atoms with E-state index in [1.54, 1.807) is 0 Å². The van der Waals surface area contributed by atoms with E-state index in [2.05, 4.69) is 106 Å². The van der Waals surface area contributed by atoms with Crippen molar-refractivity contribution in [2.75, 3.05) is 13.2 Å². The van der Waals surface area contributed by atoms with Crippen LogP contribution in [0.5, 0.6) is 0 Å². The van der Waals surface area contributed by atoms with Gasteiger partial charge in [-0.1, -0.05) is 279 Å². The van der Waals surface area contributed by atoms with Crippen molar-refractivity contribution in [2.24, 2.45) is 0 Å². The summed E-state index contributed by atoms with van der Waals surface area (Å²) in [4.78, 5) is 38.3. The molecule has 0 aliphatic heterocycles. The third-order valence-corrected chi connectivity index (χ3v) is 13.6. The zero-order valence-electron chi connectivity index (χ0n) is 48.8. The Balaban J connectivity index is 4.31. The lowest BCUT2D eigenvalue weighted by atomic mass is 10.0. The van der Waals surface area contributed by atoms with Gasteiger partial charge in [-0.3, -0.25) is 14.4 Å². The molecule has 0 aliphatic carbocycles. The van der Waals surface area contributed by atoms with Crippen LogP contribution in [0.1, 0.15) is 310 Å². The number of hydrogen-bond donors (Lipinski definition) is 0. The minimum atomic E-state index is -0.780. The van der Waals surface area contributed by atoms with Crippen LogP contribution in [-0.4, -0.2) is 37.2 Å². The van der Waals surface area contributed by atoms with Crippen LogP contribution in [-0.2, 0) is 28.6 Å². The largest absolute Gasteiger partial charge is 0.462 e. The first kappa shape index (κ1) is 70.6. The highest BCUT2D eigenvalue weighted by atomic mass is 16.6. The van der Waals surface area contributed by atoms with Gasteiger partial charge in [0.25, 0.3) is 0 Å². The third kappa shape index (κ3) is 59.5. The first-order chi connectivity index (χ1) is 36.5. The van der Waals surface area contributed by atoms with E-state index in [0.717, 1.165) is 103 Å². The second-order valence-electron chi connectivity index (χ2n) is 20.9. The first-order valence-electron chi connectivity index (χ1n) is 31.6. The van der Waals surface area contributed by atoms with Crippen molar-refractivity contribution in [3.05, 3.63) is 85.1 Å². The lowest BCUT2D eigenvalue weighted by molar-refractivity contribution is -0.167. The zero-order chi connectivity index (χ0) is 53.6. The molecule has 1 atom stereocenters. The predicted molar refractivity (Wildman–Crippen MR) is 321 cm³/mol. The van der Waals surface area contributed by atoms with Crippen LogP contribution in [0.25, 0.3) is 0 Å². The zero-order valence-corrected chi connectivity index (χ0v) is 48.8. The molecule has 0 radical (unpaired) electrons. The lowest BCUT2D eigenvalue weighted by Gasteiger charge is -2.18. The number of allylic oxidation sites excluding steroid dienone is 14. The van der Waals surface area contributed by atoms with Crippen LogP contribution < -0.4 is 0 Å². The van der Waals surface area contributed by atoms with E-state index in [0.29, 0.717) is 19.3 Å². The molecule has 0 aromatic carbocycles. The Morgan fingerprint density at radius 1 is 0.284 bits per heavy atom. The molecule has 426 valence electrons. The summed E-state index contributed by atoms with van der Waals surface area (Å²) in [6, 6.07) is 0. The van der Waals surface area contributed by atoms with Gasteiger partial charge in [0.2, 0.25) is 0 Å². The molecule has 0 spiro atoms. The summed E-state index contributed by atoms with van der Waals surface area (Å²) in [6.45, 7) is 6.52. The standard InChI is InChI=1S/C68H118O6/c1-4-7-10-13-16-19-22-25-27-29-31-32-33-34-35-36-38-39-41-43-46-49-52-55-58-61-67(70)73-64-65(63-72-66(69)60-57-54-51-48-45-24-21-18-15-12-9-6-3)74-68(71)62-59-56-53-50-47-44-42-40-37-30-28-26-23-20-17-14-11-8-5-2/h7,10,16-17,19-20,25-28,31-32,34-35,65H,4-6,8-9,11-15,18,21-24,29-30,33,36-64H2,1-3H3/b10-7-,19-16-,20-17-,27-25-,28-26-,32-31-,35-34-. The molecule has 0 aliphatic rings. The van der Waals surface area contributed by atoms with Crippen LogP contribution in [0.2, 0.25) is 0 Å². The number of esters is 3. The van der Waals surface area contributed by atoms with Gasteiger partial charge in [-0.2, -0.15) is 0 Å². The van der Waals surface area contributed by atoms with Crippen molar-refractivity contribution < 1.29 is 28.6 Å². The molecule has 0 aromatic heterocycles. The van der Waals surface area contributed by atoms with Crippen molar-refractivity contribution in [2.45, 2.75) is 316 Å². The molecular formula is C68H118O6. The minimum absolute atomic E-state index is 0.0771. The molecule has 0 amide bonds. The van der Waals surface area contributed by atoms with Crippen LogP contribution in [0, 0.1) is 0 Å². The van der Waals surface area contributed by atoms with Gasteiger partial charge in [-0.05, 0) is 96.3 Å². The summed E-state index contributed by atoms with van der Waals surface area (Å²) in [5.74, 6) is -0.876. The highest BCUT2D eigenvalue weighted by molar-refractivity contribution is 5.71. The molecule has 0 bridgehead atoms. The lowest BCUT2D eigenvalue weighted by Crippen LogP contribution is -2.30. The Morgan fingerprint density at radius 3 is 0.851 bits per heavy atom. The molecule has 0 rings (SSSR count). The molecule has 0 heterocycles. The maximum atomic E-state index is 12.9. The van der Waals surface area contributed by atoms with Gasteiger partial charge in [0.05, 0.1) is 0 Å². The normalized spacial score (nSPS) is 12.6. The average molecular weight is 1030 g/mol. The van der Waals surface area contributed by atoms with Crippen LogP contribution in [0.15, 0.2) is 85.1 Å². The molecule has 0 fully saturated rings. The SMILES string of the molecule is CC/C=C\C/C=C\C/C=C\C/C=C\C/C=C\CCCCCCCCCCCC(=O)OCC(COC(=O)CCCCCCCCCCCCCC)OC(=O)CCCCCCCCCCC/C=C\C/C=C\CCCCC. The molecule has 0 saturated heterocycles. The van der Waals surface area contributed by atoms with Crippen molar-refractivity contribution in [3.63, 3.8) is 0 Å². The molecule has 0 saturated carbocycles. The Kier molecular flexibility index (Phi) is 59.3. The average Bonchev–Trinajstić information content (AvgIpc) is 3.40. The fraction of sp³-hybridized carbons (Fsp3) is 0.750. The molecule has 74 heavy (non-hydrogen) atoms. The Morgan fingerprint density at radius 2 is 0.527 bits per heavy atom. The highest BCUT2D eigenvalue weighted by Gasteiger charge is 2.19. The molecule has 1 unspecified atom stereocenters. The van der Waals surface area contributed by atoms with Gasteiger partial charge in [-0.25, -0.2) is 0 Å². The number of ether oxygens (including phenoxy) is 3. The summed E-state index contributed by atoms with van der Waals surface area (Å²) in [5, 5.41) is 0. The van der Waals surface area contributed by atoms with Crippen molar-refractivity contribution in [3.8, 4) is 0 Å². The Bertz CT molecular complexity index is 1420. The van der Waals surface area contributed by atoms with Gasteiger partial charge in [0.15, 0.2) is 6.10 Å². The summed E-state index contributed by atoms with van der Waals surface area (Å²) >= 11 is 0. The van der Waals surface area contributed by atoms with Crippen molar-refractivity contribution >= 4 is 17.9 Å². The molecule has 6 nitrogen and oxygen atoms in total. The number of carbonyl (C=O) groups is 3. The molecule has 0 aromatic rings. The van der Waals surface area contributed by atoms with Gasteiger partial charge >= 0.3 is 17.9 Å². The number of rotatable bonds is 57. The number of carbonyl (C=O) groups excluding carboxylic acids is 3. The molecule has 6 heteroatoms. The smallest absolute Gasteiger partial charge is 0.306 e.